The first-order valence-corrected chi connectivity index (χ1v) is 7.70. The van der Waals surface area contributed by atoms with E-state index in [1.165, 1.54) is 30.5 Å². The summed E-state index contributed by atoms with van der Waals surface area (Å²) < 4.78 is 6.49. The molecule has 25 heavy (non-hydrogen) atoms. The van der Waals surface area contributed by atoms with Crippen molar-refractivity contribution in [2.24, 2.45) is 0 Å². The van der Waals surface area contributed by atoms with Gasteiger partial charge in [0.05, 0.1) is 7.11 Å². The third-order valence-electron chi connectivity index (χ3n) is 3.51. The van der Waals surface area contributed by atoms with Gasteiger partial charge in [0, 0.05) is 10.6 Å². The lowest BCUT2D eigenvalue weighted by Gasteiger charge is -2.08. The van der Waals surface area contributed by atoms with Crippen LogP contribution in [0.3, 0.4) is 0 Å². The van der Waals surface area contributed by atoms with Crippen molar-refractivity contribution in [3.05, 3.63) is 71.3 Å². The zero-order valence-electron chi connectivity index (χ0n) is 13.3. The lowest BCUT2D eigenvalue weighted by Crippen LogP contribution is -2.10. The van der Waals surface area contributed by atoms with Gasteiger partial charge in [-0.1, -0.05) is 17.7 Å². The summed E-state index contributed by atoms with van der Waals surface area (Å²) in [7, 11) is 1.46. The molecule has 3 aromatic rings. The molecule has 0 spiro atoms. The molecule has 0 saturated carbocycles. The number of carbonyl (C=O) groups excluding carboxylic acids is 1. The zero-order chi connectivity index (χ0) is 17.8. The molecule has 1 heterocycles. The molecular formula is C18H14ClN3O3. The first-order chi connectivity index (χ1) is 12.1. The first kappa shape index (κ1) is 16.7. The second kappa shape index (κ2) is 7.19. The molecule has 0 aliphatic rings. The fourth-order valence-electron chi connectivity index (χ4n) is 2.26. The highest BCUT2D eigenvalue weighted by Gasteiger charge is 2.16. The molecule has 2 aromatic carbocycles. The Balaban J connectivity index is 2.06. The van der Waals surface area contributed by atoms with E-state index in [-0.39, 0.29) is 11.5 Å². The van der Waals surface area contributed by atoms with Gasteiger partial charge in [0.25, 0.3) is 0 Å². The molecule has 0 aliphatic heterocycles. The van der Waals surface area contributed by atoms with Gasteiger partial charge in [-0.05, 0) is 48.0 Å². The third kappa shape index (κ3) is 3.70. The second-order valence-electron chi connectivity index (χ2n) is 5.14. The Labute approximate surface area is 149 Å². The number of Topliss-reactive ketones (excluding diaryl/α,β-unsaturated/α-hetero) is 1. The van der Waals surface area contributed by atoms with Crippen LogP contribution in [0, 0.1) is 0 Å². The van der Waals surface area contributed by atoms with Crippen LogP contribution in [0.25, 0.3) is 11.8 Å². The maximum Gasteiger partial charge on any atom is 0.211 e. The van der Waals surface area contributed by atoms with Crippen LogP contribution in [-0.2, 0) is 0 Å². The summed E-state index contributed by atoms with van der Waals surface area (Å²) >= 11 is 5.88. The molecule has 3 rings (SSSR count). The molecule has 0 atom stereocenters. The number of allylic oxidation sites excluding steroid dienone is 1. The number of phenols is 1. The van der Waals surface area contributed by atoms with Crippen molar-refractivity contribution in [1.82, 2.24) is 14.8 Å². The highest BCUT2D eigenvalue weighted by molar-refractivity contribution is 6.31. The van der Waals surface area contributed by atoms with Crippen LogP contribution in [-0.4, -0.2) is 32.8 Å². The molecule has 1 N–H and O–H groups in total. The number of halogens is 1. The predicted molar refractivity (Wildman–Crippen MR) is 94.6 cm³/mol. The fourth-order valence-corrected chi connectivity index (χ4v) is 2.39. The van der Waals surface area contributed by atoms with E-state index in [2.05, 4.69) is 10.1 Å². The van der Waals surface area contributed by atoms with Gasteiger partial charge in [0.2, 0.25) is 5.78 Å². The molecular weight excluding hydrogens is 342 g/mol. The highest BCUT2D eigenvalue weighted by atomic mass is 35.5. The normalized spacial score (nSPS) is 11.4. The van der Waals surface area contributed by atoms with Crippen LogP contribution in [0.4, 0.5) is 0 Å². The summed E-state index contributed by atoms with van der Waals surface area (Å²) in [6, 6.07) is 11.4. The number of ketones is 1. The van der Waals surface area contributed by atoms with Gasteiger partial charge < -0.3 is 9.84 Å². The minimum atomic E-state index is -0.241. The Kier molecular flexibility index (Phi) is 4.81. The first-order valence-electron chi connectivity index (χ1n) is 7.32. The van der Waals surface area contributed by atoms with Crippen LogP contribution >= 0.6 is 11.6 Å². The minimum absolute atomic E-state index is 0.0194. The Hall–Kier alpha value is -3.12. The van der Waals surface area contributed by atoms with E-state index in [1.807, 2.05) is 0 Å². The van der Waals surface area contributed by atoms with Crippen molar-refractivity contribution in [3.8, 4) is 11.5 Å². The quantitative estimate of drug-likeness (QED) is 0.559. The number of nitrogens with zero attached hydrogens (tertiary/aromatic N) is 3. The van der Waals surface area contributed by atoms with Gasteiger partial charge in [-0.25, -0.2) is 9.67 Å². The summed E-state index contributed by atoms with van der Waals surface area (Å²) in [5.74, 6) is 0.0887. The van der Waals surface area contributed by atoms with Crippen molar-refractivity contribution in [2.75, 3.05) is 7.11 Å². The molecule has 0 unspecified atom stereocenters. The molecule has 0 radical (unpaired) electrons. The minimum Gasteiger partial charge on any atom is -0.504 e. The van der Waals surface area contributed by atoms with Crippen LogP contribution in [0.15, 0.2) is 55.1 Å². The van der Waals surface area contributed by atoms with Gasteiger partial charge in [0.15, 0.2) is 11.5 Å². The molecule has 0 fully saturated rings. The summed E-state index contributed by atoms with van der Waals surface area (Å²) in [6.45, 7) is 0. The average Bonchev–Trinajstić information content (AvgIpc) is 3.15. The summed E-state index contributed by atoms with van der Waals surface area (Å²) in [5.41, 5.74) is 1.44. The number of rotatable bonds is 5. The summed E-state index contributed by atoms with van der Waals surface area (Å²) in [6.07, 6.45) is 4.44. The SMILES string of the molecule is COc1cc(/C=C(\C(=O)c2ccc(Cl)cc2)n2cncn2)ccc1O. The van der Waals surface area contributed by atoms with Gasteiger partial charge in [-0.15, -0.1) is 0 Å². The van der Waals surface area contributed by atoms with Crippen molar-refractivity contribution in [2.45, 2.75) is 0 Å². The number of aromatic nitrogens is 3. The van der Waals surface area contributed by atoms with Gasteiger partial charge in [-0.2, -0.15) is 5.10 Å². The van der Waals surface area contributed by atoms with Crippen molar-refractivity contribution < 1.29 is 14.6 Å². The van der Waals surface area contributed by atoms with Crippen LogP contribution in [0.5, 0.6) is 11.5 Å². The maximum atomic E-state index is 12.9. The summed E-state index contributed by atoms with van der Waals surface area (Å²) in [5, 5.41) is 14.3. The standard InChI is InChI=1S/C18H14ClN3O3/c1-25-17-9-12(2-7-16(17)23)8-15(22-11-20-10-21-22)18(24)13-3-5-14(19)6-4-13/h2-11,23H,1H3/b15-8+. The number of carbonyl (C=O) groups is 1. The van der Waals surface area contributed by atoms with Crippen molar-refractivity contribution in [1.29, 1.82) is 0 Å². The molecule has 0 saturated heterocycles. The number of hydrogen-bond acceptors (Lipinski definition) is 5. The third-order valence-corrected chi connectivity index (χ3v) is 3.76. The maximum absolute atomic E-state index is 12.9. The van der Waals surface area contributed by atoms with Gasteiger partial charge in [0.1, 0.15) is 18.4 Å². The Morgan fingerprint density at radius 2 is 2.00 bits per heavy atom. The molecule has 1 aromatic heterocycles. The van der Waals surface area contributed by atoms with Gasteiger partial charge >= 0.3 is 0 Å². The zero-order valence-corrected chi connectivity index (χ0v) is 14.0. The van der Waals surface area contributed by atoms with Crippen molar-refractivity contribution >= 4 is 29.2 Å². The monoisotopic (exact) mass is 355 g/mol. The van der Waals surface area contributed by atoms with E-state index in [4.69, 9.17) is 16.3 Å². The predicted octanol–water partition coefficient (Wildman–Crippen LogP) is 3.53. The second-order valence-corrected chi connectivity index (χ2v) is 5.57. The smallest absolute Gasteiger partial charge is 0.211 e. The number of methoxy groups -OCH3 is 1. The van der Waals surface area contributed by atoms with E-state index >= 15 is 0 Å². The molecule has 7 heteroatoms. The molecule has 0 amide bonds. The topological polar surface area (TPSA) is 77.2 Å². The van der Waals surface area contributed by atoms with Crippen molar-refractivity contribution in [3.63, 3.8) is 0 Å². The van der Waals surface area contributed by atoms with E-state index in [1.54, 1.807) is 42.5 Å². The van der Waals surface area contributed by atoms with Crippen LogP contribution in [0.2, 0.25) is 5.02 Å². The van der Waals surface area contributed by atoms with Crippen LogP contribution < -0.4 is 4.74 Å². The van der Waals surface area contributed by atoms with E-state index in [0.29, 0.717) is 27.6 Å². The van der Waals surface area contributed by atoms with E-state index < -0.39 is 0 Å². The largest absolute Gasteiger partial charge is 0.504 e. The average molecular weight is 356 g/mol. The summed E-state index contributed by atoms with van der Waals surface area (Å²) in [4.78, 5) is 16.8. The number of aromatic hydroxyl groups is 1. The Morgan fingerprint density at radius 1 is 1.24 bits per heavy atom. The number of ether oxygens (including phenoxy) is 1. The molecule has 126 valence electrons. The highest BCUT2D eigenvalue weighted by Crippen LogP contribution is 2.28. The Morgan fingerprint density at radius 3 is 2.64 bits per heavy atom. The Bertz CT molecular complexity index is 919. The van der Waals surface area contributed by atoms with Crippen LogP contribution in [0.1, 0.15) is 15.9 Å². The number of hydrogen-bond donors (Lipinski definition) is 1. The molecule has 0 aliphatic carbocycles. The van der Waals surface area contributed by atoms with E-state index in [9.17, 15) is 9.90 Å². The number of benzene rings is 2. The molecule has 0 bridgehead atoms. The lowest BCUT2D eigenvalue weighted by molar-refractivity contribution is 0.105. The fraction of sp³-hybridized carbons (Fsp3) is 0.0556. The lowest BCUT2D eigenvalue weighted by atomic mass is 10.1. The van der Waals surface area contributed by atoms with E-state index in [0.717, 1.165) is 0 Å². The van der Waals surface area contributed by atoms with Gasteiger partial charge in [-0.3, -0.25) is 4.79 Å². The molecule has 6 nitrogen and oxygen atoms in total. The number of phenolic OH excluding ortho intramolecular Hbond substituents is 1.